The second kappa shape index (κ2) is 8.82. The highest BCUT2D eigenvalue weighted by atomic mass is 16.6. The van der Waals surface area contributed by atoms with Crippen molar-refractivity contribution in [2.24, 2.45) is 11.8 Å². The first-order valence-corrected chi connectivity index (χ1v) is 6.68. The fraction of sp³-hybridized carbons (Fsp3) is 1.00. The van der Waals surface area contributed by atoms with E-state index < -0.39 is 0 Å². The Morgan fingerprint density at radius 2 is 1.39 bits per heavy atom. The maximum Gasteiger partial charge on any atom is 0.104 e. The highest BCUT2D eigenvalue weighted by molar-refractivity contribution is 4.71. The Bertz CT molecular complexity index is 184. The van der Waals surface area contributed by atoms with Gasteiger partial charge in [0.15, 0.2) is 0 Å². The van der Waals surface area contributed by atoms with Crippen molar-refractivity contribution < 1.29 is 24.4 Å². The Morgan fingerprint density at radius 1 is 1.00 bits per heavy atom. The van der Waals surface area contributed by atoms with E-state index in [1.807, 2.05) is 13.8 Å². The highest BCUT2D eigenvalue weighted by Crippen LogP contribution is 2.12. The van der Waals surface area contributed by atoms with Crippen molar-refractivity contribution in [3.8, 4) is 0 Å². The molecular formula is C13H26O5. The molecule has 2 N–H and O–H groups in total. The van der Waals surface area contributed by atoms with Gasteiger partial charge in [-0.2, -0.15) is 0 Å². The lowest BCUT2D eigenvalue weighted by Gasteiger charge is -2.11. The van der Waals surface area contributed by atoms with Crippen LogP contribution >= 0.6 is 0 Å². The molecule has 0 aromatic rings. The van der Waals surface area contributed by atoms with Gasteiger partial charge in [-0.3, -0.25) is 0 Å². The summed E-state index contributed by atoms with van der Waals surface area (Å²) in [7, 11) is 0. The third-order valence-electron chi connectivity index (χ3n) is 2.84. The smallest absolute Gasteiger partial charge is 0.104 e. The first-order valence-electron chi connectivity index (χ1n) is 6.68. The Hall–Kier alpha value is -0.200. The van der Waals surface area contributed by atoms with Crippen molar-refractivity contribution in [1.82, 2.24) is 0 Å². The van der Waals surface area contributed by atoms with Crippen LogP contribution in [-0.2, 0) is 14.2 Å². The largest absolute Gasteiger partial charge is 0.396 e. The summed E-state index contributed by atoms with van der Waals surface area (Å²) in [5, 5.41) is 17.2. The van der Waals surface area contributed by atoms with E-state index in [0.717, 1.165) is 32.8 Å². The number of hydrogen-bond donors (Lipinski definition) is 2. The number of aliphatic hydroxyl groups excluding tert-OH is 2. The van der Waals surface area contributed by atoms with Crippen molar-refractivity contribution in [3.63, 3.8) is 0 Å². The maximum atomic E-state index is 8.60. The first-order chi connectivity index (χ1) is 8.65. The van der Waals surface area contributed by atoms with E-state index >= 15 is 0 Å². The minimum Gasteiger partial charge on any atom is -0.396 e. The molecule has 2 aliphatic heterocycles. The van der Waals surface area contributed by atoms with Crippen LogP contribution in [0.1, 0.15) is 20.3 Å². The third kappa shape index (κ3) is 8.83. The van der Waals surface area contributed by atoms with Crippen LogP contribution in [-0.4, -0.2) is 62.1 Å². The zero-order valence-corrected chi connectivity index (χ0v) is 11.4. The SMILES string of the molecule is C(OCC1CO1)C1CO1.CC(CO)CC(C)CO. The van der Waals surface area contributed by atoms with E-state index in [0.29, 0.717) is 24.0 Å². The van der Waals surface area contributed by atoms with E-state index in [1.165, 1.54) is 0 Å². The molecule has 2 aliphatic rings. The summed E-state index contributed by atoms with van der Waals surface area (Å²) < 4.78 is 15.1. The third-order valence-corrected chi connectivity index (χ3v) is 2.84. The molecule has 0 radical (unpaired) electrons. The van der Waals surface area contributed by atoms with Crippen LogP contribution in [0.5, 0.6) is 0 Å². The van der Waals surface area contributed by atoms with Gasteiger partial charge in [-0.05, 0) is 18.3 Å². The molecule has 0 aliphatic carbocycles. The second-order valence-corrected chi connectivity index (χ2v) is 5.26. The van der Waals surface area contributed by atoms with E-state index in [2.05, 4.69) is 0 Å². The van der Waals surface area contributed by atoms with Gasteiger partial charge in [-0.1, -0.05) is 13.8 Å². The number of ether oxygens (including phenoxy) is 3. The minimum atomic E-state index is 0.227. The van der Waals surface area contributed by atoms with Crippen LogP contribution in [0.25, 0.3) is 0 Å². The maximum absolute atomic E-state index is 8.60. The van der Waals surface area contributed by atoms with Gasteiger partial charge >= 0.3 is 0 Å². The molecule has 4 unspecified atom stereocenters. The van der Waals surface area contributed by atoms with E-state index in [-0.39, 0.29) is 13.2 Å². The molecule has 0 saturated carbocycles. The molecule has 0 amide bonds. The molecule has 5 heteroatoms. The van der Waals surface area contributed by atoms with E-state index in [1.54, 1.807) is 0 Å². The van der Waals surface area contributed by atoms with Gasteiger partial charge in [-0.15, -0.1) is 0 Å². The summed E-state index contributed by atoms with van der Waals surface area (Å²) in [5.74, 6) is 0.652. The molecule has 0 aromatic heterocycles. The van der Waals surface area contributed by atoms with Crippen molar-refractivity contribution in [2.45, 2.75) is 32.5 Å². The Morgan fingerprint density at radius 3 is 1.67 bits per heavy atom. The fourth-order valence-corrected chi connectivity index (χ4v) is 1.50. The topological polar surface area (TPSA) is 74.8 Å². The normalized spacial score (nSPS) is 28.0. The summed E-state index contributed by atoms with van der Waals surface area (Å²) in [5.41, 5.74) is 0. The van der Waals surface area contributed by atoms with Gasteiger partial charge in [0, 0.05) is 13.2 Å². The van der Waals surface area contributed by atoms with E-state index in [9.17, 15) is 0 Å². The van der Waals surface area contributed by atoms with Crippen LogP contribution < -0.4 is 0 Å². The van der Waals surface area contributed by atoms with Gasteiger partial charge < -0.3 is 24.4 Å². The molecule has 0 aromatic carbocycles. The summed E-state index contributed by atoms with van der Waals surface area (Å²) >= 11 is 0. The average molecular weight is 262 g/mol. The van der Waals surface area contributed by atoms with Crippen molar-refractivity contribution >= 4 is 0 Å². The molecular weight excluding hydrogens is 236 g/mol. The molecule has 2 fully saturated rings. The van der Waals surface area contributed by atoms with Crippen molar-refractivity contribution in [2.75, 3.05) is 39.6 Å². The van der Waals surface area contributed by atoms with Crippen LogP contribution in [0.4, 0.5) is 0 Å². The number of rotatable bonds is 8. The van der Waals surface area contributed by atoms with E-state index in [4.69, 9.17) is 24.4 Å². The first kappa shape index (κ1) is 15.9. The molecule has 0 bridgehead atoms. The van der Waals surface area contributed by atoms with Crippen LogP contribution in [0.15, 0.2) is 0 Å². The zero-order chi connectivity index (χ0) is 13.4. The Kier molecular flexibility index (Phi) is 7.77. The predicted octanol–water partition coefficient (Wildman–Crippen LogP) is 0.434. The lowest BCUT2D eigenvalue weighted by molar-refractivity contribution is 0.102. The fourth-order valence-electron chi connectivity index (χ4n) is 1.50. The quantitative estimate of drug-likeness (QED) is 0.621. The minimum absolute atomic E-state index is 0.227. The van der Waals surface area contributed by atoms with Gasteiger partial charge in [0.1, 0.15) is 12.2 Å². The zero-order valence-electron chi connectivity index (χ0n) is 11.4. The monoisotopic (exact) mass is 262 g/mol. The van der Waals surface area contributed by atoms with Crippen LogP contribution in [0.3, 0.4) is 0 Å². The average Bonchev–Trinajstić information content (AvgIpc) is 3.23. The molecule has 4 atom stereocenters. The molecule has 18 heavy (non-hydrogen) atoms. The van der Waals surface area contributed by atoms with Gasteiger partial charge in [0.2, 0.25) is 0 Å². The lowest BCUT2D eigenvalue weighted by Crippen LogP contribution is -2.09. The molecule has 2 heterocycles. The standard InChI is InChI=1S/C7H16O2.C6H10O3/c1-6(4-8)3-7(2)5-9;1(5-3-8-5)7-2-6-4-9-6/h6-9H,3-5H2,1-2H3;5-6H,1-4H2. The predicted molar refractivity (Wildman–Crippen MR) is 67.4 cm³/mol. The van der Waals surface area contributed by atoms with Gasteiger partial charge in [0.05, 0.1) is 26.4 Å². The summed E-state index contributed by atoms with van der Waals surface area (Å²) in [6.07, 6.45) is 1.69. The van der Waals surface area contributed by atoms with Crippen LogP contribution in [0, 0.1) is 11.8 Å². The number of aliphatic hydroxyl groups is 2. The van der Waals surface area contributed by atoms with Crippen molar-refractivity contribution in [3.05, 3.63) is 0 Å². The summed E-state index contributed by atoms with van der Waals surface area (Å²) in [6.45, 7) is 7.67. The summed E-state index contributed by atoms with van der Waals surface area (Å²) in [4.78, 5) is 0. The van der Waals surface area contributed by atoms with Crippen LogP contribution in [0.2, 0.25) is 0 Å². The Balaban J connectivity index is 0.000000180. The van der Waals surface area contributed by atoms with Gasteiger partial charge in [-0.25, -0.2) is 0 Å². The Labute approximate surface area is 109 Å². The number of hydrogen-bond acceptors (Lipinski definition) is 5. The second-order valence-electron chi connectivity index (χ2n) is 5.26. The van der Waals surface area contributed by atoms with Crippen molar-refractivity contribution in [1.29, 1.82) is 0 Å². The number of epoxide rings is 2. The van der Waals surface area contributed by atoms with Gasteiger partial charge in [0.25, 0.3) is 0 Å². The molecule has 2 saturated heterocycles. The highest BCUT2D eigenvalue weighted by Gasteiger charge is 2.26. The molecule has 5 nitrogen and oxygen atoms in total. The molecule has 108 valence electrons. The molecule has 0 spiro atoms. The lowest BCUT2D eigenvalue weighted by atomic mass is 9.99. The summed E-state index contributed by atoms with van der Waals surface area (Å²) in [6, 6.07) is 0. The molecule has 2 rings (SSSR count).